The summed E-state index contributed by atoms with van der Waals surface area (Å²) in [4.78, 5) is 31.9. The number of carbonyl (C=O) groups excluding carboxylic acids is 2. The maximum atomic E-state index is 12.3. The molecule has 2 aliphatic heterocycles. The molecule has 1 N–H and O–H groups in total. The molecule has 0 bridgehead atoms. The van der Waals surface area contributed by atoms with Gasteiger partial charge in [0.1, 0.15) is 0 Å². The van der Waals surface area contributed by atoms with Crippen molar-refractivity contribution in [1.82, 2.24) is 15.1 Å². The molecule has 2 aromatic rings. The average molecular weight is 387 g/mol. The number of nitrogens with zero attached hydrogens (tertiary/aromatic N) is 3. The lowest BCUT2D eigenvalue weighted by Crippen LogP contribution is -2.63. The molecule has 0 spiro atoms. The van der Waals surface area contributed by atoms with Crippen LogP contribution in [0.1, 0.15) is 5.56 Å². The summed E-state index contributed by atoms with van der Waals surface area (Å²) in [6.45, 7) is 0.530. The van der Waals surface area contributed by atoms with Gasteiger partial charge in [-0.3, -0.25) is 10.1 Å². The van der Waals surface area contributed by atoms with Crippen LogP contribution in [0.5, 0.6) is 0 Å². The van der Waals surface area contributed by atoms with Crippen molar-refractivity contribution in [2.45, 2.75) is 18.8 Å². The molecule has 2 aliphatic rings. The first-order valence-corrected chi connectivity index (χ1v) is 8.40. The Balaban J connectivity index is 1.70. The molecule has 24 heavy (non-hydrogen) atoms. The van der Waals surface area contributed by atoms with Crippen LogP contribution in [0, 0.1) is 0 Å². The van der Waals surface area contributed by atoms with E-state index in [9.17, 15) is 9.59 Å². The van der Waals surface area contributed by atoms with Crippen molar-refractivity contribution >= 4 is 43.4 Å². The van der Waals surface area contributed by atoms with Crippen molar-refractivity contribution in [3.05, 3.63) is 48.0 Å². The average Bonchev–Trinajstić information content (AvgIpc) is 2.90. The third kappa shape index (κ3) is 2.27. The van der Waals surface area contributed by atoms with Crippen molar-refractivity contribution in [2.75, 3.05) is 7.05 Å². The monoisotopic (exact) mass is 386 g/mol. The first-order chi connectivity index (χ1) is 11.6. The van der Waals surface area contributed by atoms with E-state index in [4.69, 9.17) is 0 Å². The predicted molar refractivity (Wildman–Crippen MR) is 94.7 cm³/mol. The molecule has 2 aromatic carbocycles. The van der Waals surface area contributed by atoms with Gasteiger partial charge in [-0.05, 0) is 32.3 Å². The minimum absolute atomic E-state index is 0.318. The minimum Gasteiger partial charge on any atom is -0.331 e. The number of likely N-dealkylation sites (N-methyl/N-ethyl adjacent to an activating group) is 1. The molecule has 3 amide bonds. The fourth-order valence-electron chi connectivity index (χ4n) is 3.27. The van der Waals surface area contributed by atoms with Crippen LogP contribution in [0.4, 0.5) is 4.79 Å². The highest BCUT2D eigenvalue weighted by Crippen LogP contribution is 2.29. The summed E-state index contributed by atoms with van der Waals surface area (Å²) >= 11 is 3.45. The number of hydrogen-bond acceptors (Lipinski definition) is 4. The van der Waals surface area contributed by atoms with E-state index in [1.165, 1.54) is 4.90 Å². The SMILES string of the molecule is CN1C(=O)NC(=O)C2C1N=C(Br)N2Cc1cccc2ccccc12. The van der Waals surface area contributed by atoms with Gasteiger partial charge in [-0.15, -0.1) is 0 Å². The Kier molecular flexibility index (Phi) is 3.53. The molecule has 1 fully saturated rings. The number of carbonyl (C=O) groups is 2. The van der Waals surface area contributed by atoms with Crippen molar-refractivity contribution in [3.63, 3.8) is 0 Å². The number of halogens is 1. The Morgan fingerprint density at radius 1 is 1.17 bits per heavy atom. The molecule has 2 unspecified atom stereocenters. The Labute approximate surface area is 147 Å². The van der Waals surface area contributed by atoms with Crippen LogP contribution in [-0.2, 0) is 11.3 Å². The van der Waals surface area contributed by atoms with Crippen LogP contribution >= 0.6 is 15.9 Å². The minimum atomic E-state index is -0.527. The molecule has 4 rings (SSSR count). The fraction of sp³-hybridized carbons (Fsp3) is 0.235. The first-order valence-electron chi connectivity index (χ1n) is 7.60. The predicted octanol–water partition coefficient (Wildman–Crippen LogP) is 2.28. The van der Waals surface area contributed by atoms with Crippen LogP contribution in [0.3, 0.4) is 0 Å². The zero-order valence-corrected chi connectivity index (χ0v) is 14.5. The molecule has 0 saturated carbocycles. The number of urea groups is 1. The van der Waals surface area contributed by atoms with Crippen LogP contribution in [0.2, 0.25) is 0 Å². The molecule has 1 saturated heterocycles. The summed E-state index contributed by atoms with van der Waals surface area (Å²) in [6, 6.07) is 13.3. The van der Waals surface area contributed by atoms with Crippen LogP contribution in [-0.4, -0.2) is 45.7 Å². The van der Waals surface area contributed by atoms with Gasteiger partial charge in [-0.1, -0.05) is 42.5 Å². The second-order valence-corrected chi connectivity index (χ2v) is 6.64. The summed E-state index contributed by atoms with van der Waals surface area (Å²) in [5.41, 5.74) is 1.10. The van der Waals surface area contributed by atoms with E-state index in [2.05, 4.69) is 44.4 Å². The third-order valence-electron chi connectivity index (χ3n) is 4.53. The van der Waals surface area contributed by atoms with Gasteiger partial charge in [-0.25, -0.2) is 9.79 Å². The number of imide groups is 1. The Hall–Kier alpha value is -2.41. The molecular weight excluding hydrogens is 372 g/mol. The van der Waals surface area contributed by atoms with Gasteiger partial charge in [0.15, 0.2) is 17.0 Å². The molecule has 122 valence electrons. The normalized spacial score (nSPS) is 23.3. The third-order valence-corrected chi connectivity index (χ3v) is 5.19. The highest BCUT2D eigenvalue weighted by Gasteiger charge is 2.47. The summed E-state index contributed by atoms with van der Waals surface area (Å²) in [7, 11) is 1.64. The number of hydrogen-bond donors (Lipinski definition) is 1. The topological polar surface area (TPSA) is 65.0 Å². The Morgan fingerprint density at radius 2 is 1.92 bits per heavy atom. The maximum absolute atomic E-state index is 12.3. The zero-order valence-electron chi connectivity index (χ0n) is 12.9. The van der Waals surface area contributed by atoms with Crippen molar-refractivity contribution in [2.24, 2.45) is 4.99 Å². The van der Waals surface area contributed by atoms with Crippen molar-refractivity contribution in [3.8, 4) is 0 Å². The first kappa shape index (κ1) is 15.1. The fourth-order valence-corrected chi connectivity index (χ4v) is 3.83. The van der Waals surface area contributed by atoms with E-state index in [0.717, 1.165) is 16.3 Å². The number of nitrogens with one attached hydrogen (secondary N) is 1. The molecule has 6 nitrogen and oxygen atoms in total. The second kappa shape index (κ2) is 5.59. The molecule has 0 aliphatic carbocycles. The maximum Gasteiger partial charge on any atom is 0.325 e. The summed E-state index contributed by atoms with van der Waals surface area (Å²) in [6.07, 6.45) is -0.504. The van der Waals surface area contributed by atoms with E-state index in [1.54, 1.807) is 7.05 Å². The highest BCUT2D eigenvalue weighted by molar-refractivity contribution is 9.18. The lowest BCUT2D eigenvalue weighted by atomic mass is 10.0. The number of benzene rings is 2. The van der Waals surface area contributed by atoms with Crippen LogP contribution in [0.15, 0.2) is 47.5 Å². The van der Waals surface area contributed by atoms with Crippen molar-refractivity contribution < 1.29 is 9.59 Å². The van der Waals surface area contributed by atoms with E-state index in [-0.39, 0.29) is 5.91 Å². The van der Waals surface area contributed by atoms with E-state index in [1.807, 2.05) is 29.2 Å². The smallest absolute Gasteiger partial charge is 0.325 e. The standard InChI is InChI=1S/C17H15BrN4O2/c1-21-14-13(15(23)20-17(21)24)22(16(18)19-14)9-11-7-4-6-10-5-2-3-8-12(10)11/h2-8,13-14H,9H2,1H3,(H,20,23,24). The number of rotatable bonds is 2. The molecule has 2 heterocycles. The van der Waals surface area contributed by atoms with Crippen molar-refractivity contribution in [1.29, 1.82) is 0 Å². The second-order valence-electron chi connectivity index (χ2n) is 5.93. The van der Waals surface area contributed by atoms with E-state index in [0.29, 0.717) is 11.3 Å². The number of fused-ring (bicyclic) bond motifs is 2. The molecular formula is C17H15BrN4O2. The van der Waals surface area contributed by atoms with Gasteiger partial charge in [0.05, 0.1) is 0 Å². The summed E-state index contributed by atoms with van der Waals surface area (Å²) < 4.78 is 0.585. The summed E-state index contributed by atoms with van der Waals surface area (Å²) in [5.74, 6) is -0.318. The molecule has 7 heteroatoms. The molecule has 2 atom stereocenters. The van der Waals surface area contributed by atoms with E-state index >= 15 is 0 Å². The Bertz CT molecular complexity index is 877. The van der Waals surface area contributed by atoms with Gasteiger partial charge in [0, 0.05) is 13.6 Å². The lowest BCUT2D eigenvalue weighted by Gasteiger charge is -2.36. The largest absolute Gasteiger partial charge is 0.331 e. The van der Waals surface area contributed by atoms with Gasteiger partial charge in [0.25, 0.3) is 5.91 Å². The van der Waals surface area contributed by atoms with Gasteiger partial charge >= 0.3 is 6.03 Å². The zero-order chi connectivity index (χ0) is 16.8. The summed E-state index contributed by atoms with van der Waals surface area (Å²) in [5, 5.41) is 4.68. The quantitative estimate of drug-likeness (QED) is 0.805. The number of amidine groups is 1. The van der Waals surface area contributed by atoms with E-state index < -0.39 is 18.2 Å². The molecule has 0 aromatic heterocycles. The van der Waals surface area contributed by atoms with Gasteiger partial charge in [0.2, 0.25) is 0 Å². The lowest BCUT2D eigenvalue weighted by molar-refractivity contribution is -0.127. The van der Waals surface area contributed by atoms with Crippen LogP contribution in [0.25, 0.3) is 10.8 Å². The van der Waals surface area contributed by atoms with Crippen LogP contribution < -0.4 is 5.32 Å². The Morgan fingerprint density at radius 3 is 2.75 bits per heavy atom. The highest BCUT2D eigenvalue weighted by atomic mass is 79.9. The number of aliphatic imine (C=N–C) groups is 1. The molecule has 0 radical (unpaired) electrons. The number of amides is 3. The van der Waals surface area contributed by atoms with Gasteiger partial charge < -0.3 is 9.80 Å². The van der Waals surface area contributed by atoms with Gasteiger partial charge in [-0.2, -0.15) is 0 Å².